The van der Waals surface area contributed by atoms with Gasteiger partial charge in [0.2, 0.25) is 5.91 Å². The van der Waals surface area contributed by atoms with E-state index in [-0.39, 0.29) is 31.4 Å². The van der Waals surface area contributed by atoms with Gasteiger partial charge in [0.05, 0.1) is 6.61 Å². The molecule has 152 valence electrons. The standard InChI is InChI=1S/C21H22FN3O4/c1-2-29-18-9-7-17(8-10-18)23-19(26)14-25-12-11-24(20(27)21(25)28)13-15-3-5-16(22)6-4-15/h3-10H,2,11-14H2,1H3,(H,23,26). The molecule has 3 rings (SSSR count). The van der Waals surface area contributed by atoms with Gasteiger partial charge in [-0.15, -0.1) is 0 Å². The summed E-state index contributed by atoms with van der Waals surface area (Å²) in [5.41, 5.74) is 1.31. The summed E-state index contributed by atoms with van der Waals surface area (Å²) in [4.78, 5) is 39.6. The van der Waals surface area contributed by atoms with E-state index in [0.29, 0.717) is 24.6 Å². The highest BCUT2D eigenvalue weighted by Gasteiger charge is 2.33. The van der Waals surface area contributed by atoms with E-state index in [1.165, 1.54) is 21.9 Å². The summed E-state index contributed by atoms with van der Waals surface area (Å²) in [6, 6.07) is 12.6. The molecule has 2 aromatic carbocycles. The summed E-state index contributed by atoms with van der Waals surface area (Å²) in [6.45, 7) is 3.00. The van der Waals surface area contributed by atoms with Gasteiger partial charge in [0.25, 0.3) is 0 Å². The Balaban J connectivity index is 1.53. The van der Waals surface area contributed by atoms with Crippen LogP contribution in [-0.4, -0.2) is 53.8 Å². The van der Waals surface area contributed by atoms with Gasteiger partial charge in [0, 0.05) is 25.3 Å². The van der Waals surface area contributed by atoms with Gasteiger partial charge in [0.1, 0.15) is 18.1 Å². The molecule has 1 heterocycles. The predicted octanol–water partition coefficient (Wildman–Crippen LogP) is 2.03. The maximum Gasteiger partial charge on any atom is 0.312 e. The number of halogens is 1. The molecule has 1 N–H and O–H groups in total. The number of nitrogens with one attached hydrogen (secondary N) is 1. The summed E-state index contributed by atoms with van der Waals surface area (Å²) in [6.07, 6.45) is 0. The molecule has 0 atom stereocenters. The van der Waals surface area contributed by atoms with E-state index in [2.05, 4.69) is 5.32 Å². The van der Waals surface area contributed by atoms with Crippen LogP contribution < -0.4 is 10.1 Å². The third-order valence-corrected chi connectivity index (χ3v) is 4.47. The van der Waals surface area contributed by atoms with Crippen molar-refractivity contribution in [3.8, 4) is 5.75 Å². The van der Waals surface area contributed by atoms with E-state index < -0.39 is 11.8 Å². The molecule has 3 amide bonds. The first kappa shape index (κ1) is 20.3. The molecule has 1 aliphatic heterocycles. The summed E-state index contributed by atoms with van der Waals surface area (Å²) >= 11 is 0. The van der Waals surface area contributed by atoms with Gasteiger partial charge in [-0.05, 0) is 48.9 Å². The first-order valence-corrected chi connectivity index (χ1v) is 9.31. The lowest BCUT2D eigenvalue weighted by Gasteiger charge is -2.33. The summed E-state index contributed by atoms with van der Waals surface area (Å²) in [7, 11) is 0. The van der Waals surface area contributed by atoms with Crippen LogP contribution in [0.3, 0.4) is 0 Å². The van der Waals surface area contributed by atoms with Crippen molar-refractivity contribution in [1.29, 1.82) is 0 Å². The first-order valence-electron chi connectivity index (χ1n) is 9.31. The quantitative estimate of drug-likeness (QED) is 0.723. The Morgan fingerprint density at radius 3 is 2.28 bits per heavy atom. The lowest BCUT2D eigenvalue weighted by Crippen LogP contribution is -2.55. The summed E-state index contributed by atoms with van der Waals surface area (Å²) < 4.78 is 18.3. The van der Waals surface area contributed by atoms with Crippen LogP contribution in [0.5, 0.6) is 5.75 Å². The second-order valence-corrected chi connectivity index (χ2v) is 6.59. The summed E-state index contributed by atoms with van der Waals surface area (Å²) in [5.74, 6) is -1.44. The summed E-state index contributed by atoms with van der Waals surface area (Å²) in [5, 5.41) is 2.70. The van der Waals surface area contributed by atoms with Gasteiger partial charge >= 0.3 is 11.8 Å². The fraction of sp³-hybridized carbons (Fsp3) is 0.286. The molecule has 1 saturated heterocycles. The van der Waals surface area contributed by atoms with Crippen molar-refractivity contribution in [3.63, 3.8) is 0 Å². The van der Waals surface area contributed by atoms with E-state index in [0.717, 1.165) is 5.56 Å². The largest absolute Gasteiger partial charge is 0.494 e. The minimum atomic E-state index is -0.722. The number of benzene rings is 2. The highest BCUT2D eigenvalue weighted by Crippen LogP contribution is 2.16. The Kier molecular flexibility index (Phi) is 6.43. The number of carbonyl (C=O) groups is 3. The van der Waals surface area contributed by atoms with E-state index >= 15 is 0 Å². The van der Waals surface area contributed by atoms with Crippen molar-refractivity contribution in [2.45, 2.75) is 13.5 Å². The second kappa shape index (κ2) is 9.18. The Bertz CT molecular complexity index is 884. The van der Waals surface area contributed by atoms with Crippen LogP contribution in [0, 0.1) is 5.82 Å². The van der Waals surface area contributed by atoms with E-state index in [1.807, 2.05) is 6.92 Å². The van der Waals surface area contributed by atoms with Crippen LogP contribution in [-0.2, 0) is 20.9 Å². The van der Waals surface area contributed by atoms with Crippen LogP contribution in [0.15, 0.2) is 48.5 Å². The molecule has 0 radical (unpaired) electrons. The number of nitrogens with zero attached hydrogens (tertiary/aromatic N) is 2. The molecular formula is C21H22FN3O4. The van der Waals surface area contributed by atoms with Crippen LogP contribution in [0.25, 0.3) is 0 Å². The minimum Gasteiger partial charge on any atom is -0.494 e. The molecule has 0 spiro atoms. The maximum absolute atomic E-state index is 13.0. The lowest BCUT2D eigenvalue weighted by atomic mass is 10.2. The molecule has 0 aliphatic carbocycles. The van der Waals surface area contributed by atoms with Gasteiger partial charge in [-0.1, -0.05) is 12.1 Å². The zero-order valence-electron chi connectivity index (χ0n) is 16.1. The van der Waals surface area contributed by atoms with Gasteiger partial charge in [-0.25, -0.2) is 4.39 Å². The Hall–Kier alpha value is -3.42. The van der Waals surface area contributed by atoms with Gasteiger partial charge in [-0.3, -0.25) is 14.4 Å². The number of hydrogen-bond donors (Lipinski definition) is 1. The third-order valence-electron chi connectivity index (χ3n) is 4.47. The highest BCUT2D eigenvalue weighted by molar-refractivity contribution is 6.35. The topological polar surface area (TPSA) is 79.0 Å². The fourth-order valence-electron chi connectivity index (χ4n) is 3.00. The van der Waals surface area contributed by atoms with Crippen LogP contribution in [0.1, 0.15) is 12.5 Å². The van der Waals surface area contributed by atoms with Crippen LogP contribution >= 0.6 is 0 Å². The highest BCUT2D eigenvalue weighted by atomic mass is 19.1. The van der Waals surface area contributed by atoms with Crippen molar-refractivity contribution < 1.29 is 23.5 Å². The van der Waals surface area contributed by atoms with Crippen LogP contribution in [0.4, 0.5) is 10.1 Å². The van der Waals surface area contributed by atoms with E-state index in [9.17, 15) is 18.8 Å². The molecule has 1 fully saturated rings. The Labute approximate surface area is 168 Å². The molecule has 0 aromatic heterocycles. The van der Waals surface area contributed by atoms with Crippen molar-refractivity contribution in [3.05, 3.63) is 59.9 Å². The SMILES string of the molecule is CCOc1ccc(NC(=O)CN2CCN(Cc3ccc(F)cc3)C(=O)C2=O)cc1. The molecular weight excluding hydrogens is 377 g/mol. The number of ether oxygens (including phenoxy) is 1. The number of hydrogen-bond acceptors (Lipinski definition) is 4. The van der Waals surface area contributed by atoms with Crippen molar-refractivity contribution >= 4 is 23.4 Å². The maximum atomic E-state index is 13.0. The zero-order chi connectivity index (χ0) is 20.8. The minimum absolute atomic E-state index is 0.206. The molecule has 1 aliphatic rings. The second-order valence-electron chi connectivity index (χ2n) is 6.59. The number of carbonyl (C=O) groups excluding carboxylic acids is 3. The van der Waals surface area contributed by atoms with Gasteiger partial charge in [-0.2, -0.15) is 0 Å². The third kappa shape index (κ3) is 5.31. The molecule has 0 bridgehead atoms. The normalized spacial score (nSPS) is 14.1. The Morgan fingerprint density at radius 2 is 1.62 bits per heavy atom. The smallest absolute Gasteiger partial charge is 0.312 e. The van der Waals surface area contributed by atoms with Gasteiger partial charge < -0.3 is 19.9 Å². The zero-order valence-corrected chi connectivity index (χ0v) is 16.1. The molecule has 0 unspecified atom stereocenters. The predicted molar refractivity (Wildman–Crippen MR) is 105 cm³/mol. The number of amides is 3. The number of rotatable bonds is 7. The number of piperazine rings is 1. The average molecular weight is 399 g/mol. The van der Waals surface area contributed by atoms with E-state index in [1.54, 1.807) is 36.4 Å². The molecule has 29 heavy (non-hydrogen) atoms. The van der Waals surface area contributed by atoms with E-state index in [4.69, 9.17) is 4.74 Å². The average Bonchev–Trinajstić information content (AvgIpc) is 2.71. The monoisotopic (exact) mass is 399 g/mol. The molecule has 7 nitrogen and oxygen atoms in total. The molecule has 8 heteroatoms. The number of anilines is 1. The lowest BCUT2D eigenvalue weighted by molar-refractivity contribution is -0.157. The first-order chi connectivity index (χ1) is 14.0. The molecule has 0 saturated carbocycles. The van der Waals surface area contributed by atoms with Crippen molar-refractivity contribution in [2.24, 2.45) is 0 Å². The Morgan fingerprint density at radius 1 is 1.00 bits per heavy atom. The van der Waals surface area contributed by atoms with Crippen molar-refractivity contribution in [1.82, 2.24) is 9.80 Å². The van der Waals surface area contributed by atoms with Gasteiger partial charge in [0.15, 0.2) is 0 Å². The van der Waals surface area contributed by atoms with Crippen molar-refractivity contribution in [2.75, 3.05) is 31.6 Å². The molecule has 2 aromatic rings. The fourth-order valence-corrected chi connectivity index (χ4v) is 3.00. The van der Waals surface area contributed by atoms with Crippen LogP contribution in [0.2, 0.25) is 0 Å².